The first kappa shape index (κ1) is 24.9. The zero-order chi connectivity index (χ0) is 23.6. The quantitative estimate of drug-likeness (QED) is 0.372. The number of carbonyl (C=O) groups is 1. The highest BCUT2D eigenvalue weighted by molar-refractivity contribution is 14.1. The number of rotatable bonds is 8. The molecule has 1 N–H and O–H groups in total. The molecule has 1 saturated heterocycles. The number of fused-ring (bicyclic) bond motifs is 1. The molecule has 1 aliphatic heterocycles. The van der Waals surface area contributed by atoms with E-state index in [4.69, 9.17) is 0 Å². The zero-order valence-electron chi connectivity index (χ0n) is 19.5. The summed E-state index contributed by atoms with van der Waals surface area (Å²) in [6.45, 7) is 7.16. The van der Waals surface area contributed by atoms with Crippen molar-refractivity contribution in [2.24, 2.45) is 0 Å². The second-order valence-corrected chi connectivity index (χ2v) is 11.6. The van der Waals surface area contributed by atoms with Crippen LogP contribution in [0.15, 0.2) is 41.3 Å². The van der Waals surface area contributed by atoms with Crippen LogP contribution in [0.3, 0.4) is 0 Å². The molecule has 2 aromatic carbocycles. The summed E-state index contributed by atoms with van der Waals surface area (Å²) in [5, 5.41) is 1.90. The standard InChI is InChI=1S/C25H34IN3O3S/c1-3-28(4-2)21-8-10-22(11-9-21)29-14-13-24(25(29)30)27-33(31,32)23-12-7-19-15-18(17-26)5-6-20(19)16-23/h5-7,12,15-16,21-22,24,27H,3-4,8-11,13-14,17H2,1-2H3/t21?,22?,24-/m0/s1. The number of sulfonamides is 1. The minimum absolute atomic E-state index is 0.0719. The molecule has 0 unspecified atom stereocenters. The van der Waals surface area contributed by atoms with Gasteiger partial charge in [-0.25, -0.2) is 8.42 Å². The van der Waals surface area contributed by atoms with Gasteiger partial charge < -0.3 is 9.80 Å². The number of amides is 1. The lowest BCUT2D eigenvalue weighted by Gasteiger charge is -2.39. The third-order valence-electron chi connectivity index (χ3n) is 7.31. The Labute approximate surface area is 211 Å². The van der Waals surface area contributed by atoms with Crippen molar-refractivity contribution in [2.45, 2.75) is 73.4 Å². The lowest BCUT2D eigenvalue weighted by atomic mass is 9.89. The fourth-order valence-corrected chi connectivity index (χ4v) is 7.16. The van der Waals surface area contributed by atoms with Crippen molar-refractivity contribution >= 4 is 49.3 Å². The van der Waals surface area contributed by atoms with Gasteiger partial charge in [-0.1, -0.05) is 60.7 Å². The number of alkyl halides is 1. The summed E-state index contributed by atoms with van der Waals surface area (Å²) >= 11 is 2.32. The molecule has 2 aliphatic rings. The van der Waals surface area contributed by atoms with Crippen molar-refractivity contribution in [3.8, 4) is 0 Å². The van der Waals surface area contributed by atoms with Gasteiger partial charge in [0, 0.05) is 23.1 Å². The van der Waals surface area contributed by atoms with E-state index in [1.54, 1.807) is 12.1 Å². The summed E-state index contributed by atoms with van der Waals surface area (Å²) in [7, 11) is -3.77. The second-order valence-electron chi connectivity index (χ2n) is 9.15. The normalized spacial score (nSPS) is 24.2. The summed E-state index contributed by atoms with van der Waals surface area (Å²) < 4.78 is 29.8. The van der Waals surface area contributed by atoms with Crippen LogP contribution >= 0.6 is 22.6 Å². The van der Waals surface area contributed by atoms with Crippen molar-refractivity contribution in [1.29, 1.82) is 0 Å². The summed E-state index contributed by atoms with van der Waals surface area (Å²) in [4.78, 5) is 17.8. The van der Waals surface area contributed by atoms with Gasteiger partial charge in [0.25, 0.3) is 0 Å². The van der Waals surface area contributed by atoms with Gasteiger partial charge >= 0.3 is 0 Å². The Morgan fingerprint density at radius 3 is 2.33 bits per heavy atom. The first-order valence-corrected chi connectivity index (χ1v) is 15.0. The SMILES string of the molecule is CCN(CC)C1CCC(N2CC[C@H](NS(=O)(=O)c3ccc4cc(CI)ccc4c3)C2=O)CC1. The minimum Gasteiger partial charge on any atom is -0.338 e. The zero-order valence-corrected chi connectivity index (χ0v) is 22.4. The molecule has 1 atom stereocenters. The Morgan fingerprint density at radius 2 is 1.67 bits per heavy atom. The Balaban J connectivity index is 1.40. The van der Waals surface area contributed by atoms with Gasteiger partial charge in [-0.15, -0.1) is 0 Å². The fraction of sp³-hybridized carbons (Fsp3) is 0.560. The van der Waals surface area contributed by atoms with Gasteiger partial charge in [0.2, 0.25) is 15.9 Å². The molecule has 4 rings (SSSR count). The number of hydrogen-bond donors (Lipinski definition) is 1. The number of likely N-dealkylation sites (tertiary alicyclic amines) is 1. The summed E-state index contributed by atoms with van der Waals surface area (Å²) in [6, 6.07) is 11.4. The maximum absolute atomic E-state index is 13.1. The maximum Gasteiger partial charge on any atom is 0.241 e. The predicted octanol–water partition coefficient (Wildman–Crippen LogP) is 4.31. The molecule has 180 valence electrons. The molecule has 6 nitrogen and oxygen atoms in total. The first-order valence-electron chi connectivity index (χ1n) is 12.0. The molecule has 1 aliphatic carbocycles. The van der Waals surface area contributed by atoms with Crippen LogP contribution in [0, 0.1) is 0 Å². The molecule has 1 heterocycles. The Kier molecular flexibility index (Phi) is 7.98. The van der Waals surface area contributed by atoms with Crippen LogP contribution in [-0.4, -0.2) is 61.9 Å². The lowest BCUT2D eigenvalue weighted by Crippen LogP contribution is -2.47. The van der Waals surface area contributed by atoms with E-state index in [0.717, 1.165) is 54.0 Å². The van der Waals surface area contributed by atoms with Gasteiger partial charge in [0.15, 0.2) is 0 Å². The van der Waals surface area contributed by atoms with Crippen molar-refractivity contribution in [2.75, 3.05) is 19.6 Å². The molecule has 0 aromatic heterocycles. The molecule has 2 fully saturated rings. The summed E-state index contributed by atoms with van der Waals surface area (Å²) in [5.74, 6) is -0.0719. The van der Waals surface area contributed by atoms with Crippen molar-refractivity contribution in [1.82, 2.24) is 14.5 Å². The van der Waals surface area contributed by atoms with Gasteiger partial charge in [-0.05, 0) is 73.7 Å². The number of carbonyl (C=O) groups excluding carboxylic acids is 1. The third-order valence-corrected chi connectivity index (χ3v) is 9.66. The number of nitrogens with one attached hydrogen (secondary N) is 1. The largest absolute Gasteiger partial charge is 0.338 e. The average molecular weight is 584 g/mol. The Hall–Kier alpha value is -1.23. The highest BCUT2D eigenvalue weighted by Crippen LogP contribution is 2.30. The van der Waals surface area contributed by atoms with E-state index in [2.05, 4.69) is 52.1 Å². The molecule has 0 bridgehead atoms. The van der Waals surface area contributed by atoms with E-state index in [-0.39, 0.29) is 16.8 Å². The van der Waals surface area contributed by atoms with Crippen LogP contribution in [0.2, 0.25) is 0 Å². The van der Waals surface area contributed by atoms with Crippen LogP contribution in [0.1, 0.15) is 51.5 Å². The van der Waals surface area contributed by atoms with Gasteiger partial charge in [-0.3, -0.25) is 4.79 Å². The van der Waals surface area contributed by atoms with Crippen LogP contribution in [0.25, 0.3) is 10.8 Å². The molecule has 0 spiro atoms. The molecule has 33 heavy (non-hydrogen) atoms. The van der Waals surface area contributed by atoms with E-state index in [1.165, 1.54) is 5.56 Å². The van der Waals surface area contributed by atoms with E-state index < -0.39 is 16.1 Å². The first-order chi connectivity index (χ1) is 15.9. The van der Waals surface area contributed by atoms with Gasteiger partial charge in [-0.2, -0.15) is 4.72 Å². The summed E-state index contributed by atoms with van der Waals surface area (Å²) in [6.07, 6.45) is 4.72. The maximum atomic E-state index is 13.1. The number of nitrogens with zero attached hydrogens (tertiary/aromatic N) is 2. The topological polar surface area (TPSA) is 69.7 Å². The van der Waals surface area contributed by atoms with Gasteiger partial charge in [0.05, 0.1) is 4.90 Å². The van der Waals surface area contributed by atoms with Crippen LogP contribution in [-0.2, 0) is 19.2 Å². The van der Waals surface area contributed by atoms with Crippen LogP contribution in [0.5, 0.6) is 0 Å². The van der Waals surface area contributed by atoms with E-state index in [9.17, 15) is 13.2 Å². The van der Waals surface area contributed by atoms with Gasteiger partial charge in [0.1, 0.15) is 6.04 Å². The molecular weight excluding hydrogens is 549 g/mol. The lowest BCUT2D eigenvalue weighted by molar-refractivity contribution is -0.131. The summed E-state index contributed by atoms with van der Waals surface area (Å²) in [5.41, 5.74) is 1.21. The third kappa shape index (κ3) is 5.39. The van der Waals surface area contributed by atoms with Crippen LogP contribution < -0.4 is 4.72 Å². The van der Waals surface area contributed by atoms with Crippen molar-refractivity contribution in [3.63, 3.8) is 0 Å². The smallest absolute Gasteiger partial charge is 0.241 e. The van der Waals surface area contributed by atoms with Crippen LogP contribution in [0.4, 0.5) is 0 Å². The molecule has 8 heteroatoms. The average Bonchev–Trinajstić information content (AvgIpc) is 3.18. The number of benzene rings is 2. The van der Waals surface area contributed by atoms with Crippen molar-refractivity contribution in [3.05, 3.63) is 42.0 Å². The Bertz CT molecular complexity index is 1100. The molecule has 1 saturated carbocycles. The van der Waals surface area contributed by atoms with E-state index in [1.807, 2.05) is 23.1 Å². The molecule has 1 amide bonds. The van der Waals surface area contributed by atoms with E-state index in [0.29, 0.717) is 19.0 Å². The number of hydrogen-bond acceptors (Lipinski definition) is 4. The predicted molar refractivity (Wildman–Crippen MR) is 141 cm³/mol. The number of halogens is 1. The highest BCUT2D eigenvalue weighted by Gasteiger charge is 2.39. The minimum atomic E-state index is -3.77. The Morgan fingerprint density at radius 1 is 1.00 bits per heavy atom. The second kappa shape index (κ2) is 10.6. The molecule has 2 aromatic rings. The monoisotopic (exact) mass is 583 g/mol. The van der Waals surface area contributed by atoms with Crippen molar-refractivity contribution < 1.29 is 13.2 Å². The molecular formula is C25H34IN3O3S. The van der Waals surface area contributed by atoms with E-state index >= 15 is 0 Å². The highest BCUT2D eigenvalue weighted by atomic mass is 127. The fourth-order valence-electron chi connectivity index (χ4n) is 5.43. The molecule has 0 radical (unpaired) electrons.